The number of aliphatic imine (C=N–C) groups is 1. The maximum absolute atomic E-state index is 14.7. The molecule has 1 saturated heterocycles. The van der Waals surface area contributed by atoms with Crippen molar-refractivity contribution in [3.8, 4) is 5.75 Å². The highest BCUT2D eigenvalue weighted by molar-refractivity contribution is 5.98. The highest BCUT2D eigenvalue weighted by Gasteiger charge is 2.46. The minimum Gasteiger partial charge on any atom is -0.508 e. The van der Waals surface area contributed by atoms with E-state index in [4.69, 9.17) is 11.5 Å². The van der Waals surface area contributed by atoms with Crippen molar-refractivity contribution >= 4 is 53.3 Å². The van der Waals surface area contributed by atoms with Gasteiger partial charge in [-0.25, -0.2) is 14.6 Å². The number of H-pyrrole nitrogens is 1. The Morgan fingerprint density at radius 1 is 0.853 bits per heavy atom. The van der Waals surface area contributed by atoms with Crippen LogP contribution in [0.15, 0.2) is 77.3 Å². The number of aromatic nitrogens is 2. The number of carboxylic acids is 1. The normalized spacial score (nSPS) is 15.8. The van der Waals surface area contributed by atoms with Crippen molar-refractivity contribution in [2.24, 2.45) is 33.5 Å². The number of aromatic hydroxyl groups is 1. The van der Waals surface area contributed by atoms with E-state index in [9.17, 15) is 54.1 Å². The van der Waals surface area contributed by atoms with Crippen molar-refractivity contribution in [2.45, 2.75) is 121 Å². The molecule has 2 heterocycles. The highest BCUT2D eigenvalue weighted by atomic mass is 16.4. The zero-order valence-corrected chi connectivity index (χ0v) is 42.8. The number of phenolic OH excluding ortho intramolecular Hbond substituents is 1. The number of azide groups is 1. The van der Waals surface area contributed by atoms with Gasteiger partial charge in [-0.1, -0.05) is 76.6 Å². The molecule has 0 unspecified atom stereocenters. The Labute approximate surface area is 434 Å². The van der Waals surface area contributed by atoms with E-state index >= 15 is 0 Å². The lowest BCUT2D eigenvalue weighted by molar-refractivity contribution is -0.154. The number of benzene rings is 2. The van der Waals surface area contributed by atoms with Crippen molar-refractivity contribution in [2.75, 3.05) is 26.7 Å². The molecule has 26 heteroatoms. The van der Waals surface area contributed by atoms with E-state index in [0.29, 0.717) is 41.1 Å². The Kier molecular flexibility index (Phi) is 23.3. The second kappa shape index (κ2) is 29.4. The van der Waals surface area contributed by atoms with Gasteiger partial charge < -0.3 is 63.5 Å². The number of imidazole rings is 1. The van der Waals surface area contributed by atoms with Gasteiger partial charge in [-0.2, -0.15) is 9.92 Å². The second-order valence-electron chi connectivity index (χ2n) is 18.6. The molecule has 0 bridgehead atoms. The van der Waals surface area contributed by atoms with E-state index in [1.165, 1.54) is 29.6 Å². The summed E-state index contributed by atoms with van der Waals surface area (Å²) in [6.07, 6.45) is 3.44. The molecule has 4 rings (SSSR count). The third kappa shape index (κ3) is 18.0. The number of phenols is 1. The van der Waals surface area contributed by atoms with Gasteiger partial charge in [-0.3, -0.25) is 33.8 Å². The van der Waals surface area contributed by atoms with Gasteiger partial charge in [0.1, 0.15) is 42.0 Å². The number of carbonyl (C=O) groups is 8. The molecule has 8 atom stereocenters. The summed E-state index contributed by atoms with van der Waals surface area (Å²) in [5.74, 6) is -7.99. The number of carbonyl (C=O) groups excluding carboxylic acids is 7. The predicted molar refractivity (Wildman–Crippen MR) is 274 cm³/mol. The zero-order chi connectivity index (χ0) is 55.2. The number of rotatable bonds is 29. The number of hydrogen-bond donors (Lipinski definition) is 11. The van der Waals surface area contributed by atoms with Gasteiger partial charge in [0.05, 0.1) is 12.9 Å². The van der Waals surface area contributed by atoms with Gasteiger partial charge in [-0.05, 0) is 73.0 Å². The molecule has 26 nitrogen and oxygen atoms in total. The lowest BCUT2D eigenvalue weighted by atomic mass is 9.96. The first-order chi connectivity index (χ1) is 35.8. The van der Waals surface area contributed by atoms with Gasteiger partial charge in [0.2, 0.25) is 41.5 Å². The number of carboxylic acid groups (broad SMARTS) is 1. The quantitative estimate of drug-likeness (QED) is 0.00832. The molecule has 2 aromatic carbocycles. The molecule has 0 saturated carbocycles. The third-order valence-electron chi connectivity index (χ3n) is 12.6. The summed E-state index contributed by atoms with van der Waals surface area (Å²) < 4.78 is 0. The van der Waals surface area contributed by atoms with Crippen LogP contribution in [-0.4, -0.2) is 152 Å². The molecule has 3 aromatic rings. The van der Waals surface area contributed by atoms with E-state index < -0.39 is 101 Å². The van der Waals surface area contributed by atoms with Gasteiger partial charge in [0.15, 0.2) is 5.96 Å². The molecule has 1 aromatic heterocycles. The molecule has 13 N–H and O–H groups in total. The van der Waals surface area contributed by atoms with Crippen molar-refractivity contribution < 1.29 is 48.6 Å². The zero-order valence-electron chi connectivity index (χ0n) is 42.8. The minimum absolute atomic E-state index is 0.0260. The number of aromatic amines is 1. The molecule has 0 spiro atoms. The third-order valence-corrected chi connectivity index (χ3v) is 12.6. The fourth-order valence-corrected chi connectivity index (χ4v) is 8.40. The Balaban J connectivity index is 1.62. The van der Waals surface area contributed by atoms with E-state index in [-0.39, 0.29) is 63.4 Å². The summed E-state index contributed by atoms with van der Waals surface area (Å²) in [6, 6.07) is 4.95. The lowest BCUT2D eigenvalue weighted by Crippen LogP contribution is -2.62. The number of aliphatic carboxylic acids is 1. The SMILES string of the molecule is CC[C@H](C)[C@H](NC(=O)[C@H](Cc1ccc(O)cc1)NC(=O)[C@@H](NC(=O)[C@H](CCCN=C(N)N)NC(=O)CNC)C(C)C)C(=O)N[C@@H](Cc1cnc[nH]1)C(=O)N1CCC[C@H]1C(=O)N(N=[N+]=[N-])[C@H](Cc1ccccc1)C(=O)O. The van der Waals surface area contributed by atoms with Crippen LogP contribution in [0.3, 0.4) is 0 Å². The largest absolute Gasteiger partial charge is 0.508 e. The molecule has 0 radical (unpaired) electrons. The molecule has 1 aliphatic heterocycles. The van der Waals surface area contributed by atoms with Crippen LogP contribution >= 0.6 is 0 Å². The van der Waals surface area contributed by atoms with Crippen LogP contribution in [0.2, 0.25) is 0 Å². The minimum atomic E-state index is -1.63. The molecule has 7 amide bonds. The van der Waals surface area contributed by atoms with Gasteiger partial charge in [0.25, 0.3) is 0 Å². The molecule has 406 valence electrons. The van der Waals surface area contributed by atoms with Gasteiger partial charge in [-0.15, -0.1) is 5.53 Å². The molecule has 1 fully saturated rings. The lowest BCUT2D eigenvalue weighted by Gasteiger charge is -2.32. The van der Waals surface area contributed by atoms with E-state index in [2.05, 4.69) is 57.0 Å². The summed E-state index contributed by atoms with van der Waals surface area (Å²) in [6.45, 7) is 6.92. The van der Waals surface area contributed by atoms with Crippen LogP contribution in [0.1, 0.15) is 76.6 Å². The predicted octanol–water partition coefficient (Wildman–Crippen LogP) is 0.0404. The molecule has 1 aliphatic rings. The Morgan fingerprint density at radius 3 is 2.09 bits per heavy atom. The number of guanidine groups is 1. The van der Waals surface area contributed by atoms with Crippen LogP contribution in [-0.2, 0) is 57.6 Å². The number of likely N-dealkylation sites (tertiary alicyclic amines) is 1. The standard InChI is InChI=1S/C49H70N16O10/c1-6-29(4)41(45(71)59-36(24-32-25-54-27-56-32)46(72)64-21-11-15-37(64)47(73)65(63-62-52)38(48(74)75)23-30-12-8-7-9-13-30)61-43(69)35(22-31-16-18-33(66)19-17-31)58-44(70)40(28(2)3)60-42(68)34(57-39(67)26-53-5)14-10-20-55-49(50)51/h7-9,12-13,16-19,25,27-29,34-38,40-41,53,66H,6,10-11,14-15,20-24,26H2,1-5H3,(H,54,56)(H,57,67)(H,58,70)(H,59,71)(H,60,68)(H,61,69)(H,74,75)(H4,50,51,55)/t29-,34-,35-,36-,37-,38+,40-,41-/m0/s1. The Bertz CT molecular complexity index is 2480. The van der Waals surface area contributed by atoms with Crippen LogP contribution < -0.4 is 43.4 Å². The molecular weight excluding hydrogens is 973 g/mol. The first-order valence-corrected chi connectivity index (χ1v) is 24.7. The first kappa shape index (κ1) is 59.3. The average molecular weight is 1040 g/mol. The number of likely N-dealkylation sites (N-methyl/N-ethyl adjacent to an activating group) is 1. The van der Waals surface area contributed by atoms with E-state index in [1.807, 2.05) is 0 Å². The monoisotopic (exact) mass is 1040 g/mol. The summed E-state index contributed by atoms with van der Waals surface area (Å²) in [4.78, 5) is 126. The fourth-order valence-electron chi connectivity index (χ4n) is 8.40. The number of amides is 7. The number of nitrogens with zero attached hydrogens (tertiary/aromatic N) is 7. The molecule has 75 heavy (non-hydrogen) atoms. The number of hydrogen-bond acceptors (Lipinski definition) is 13. The van der Waals surface area contributed by atoms with Crippen molar-refractivity contribution in [1.82, 2.24) is 51.8 Å². The molecular formula is C49H70N16O10. The van der Waals surface area contributed by atoms with Gasteiger partial charge in [0, 0.05) is 44.2 Å². The summed E-state index contributed by atoms with van der Waals surface area (Å²) in [7, 11) is 1.56. The van der Waals surface area contributed by atoms with Crippen LogP contribution in [0.4, 0.5) is 0 Å². The van der Waals surface area contributed by atoms with Crippen LogP contribution in [0, 0.1) is 11.8 Å². The Morgan fingerprint density at radius 2 is 1.49 bits per heavy atom. The summed E-state index contributed by atoms with van der Waals surface area (Å²) in [5.41, 5.74) is 21.9. The maximum Gasteiger partial charge on any atom is 0.350 e. The number of nitrogens with one attached hydrogen (secondary N) is 7. The average Bonchev–Trinajstić information content (AvgIpc) is 4.10. The topological polar surface area (TPSA) is 398 Å². The summed E-state index contributed by atoms with van der Waals surface area (Å²) >= 11 is 0. The number of nitrogens with two attached hydrogens (primary N) is 2. The van der Waals surface area contributed by atoms with Crippen LogP contribution in [0.25, 0.3) is 10.4 Å². The van der Waals surface area contributed by atoms with E-state index in [1.54, 1.807) is 77.2 Å². The fraction of sp³-hybridized carbons (Fsp3) is 0.510. The maximum atomic E-state index is 14.7. The molecule has 0 aliphatic carbocycles. The summed E-state index contributed by atoms with van der Waals surface area (Å²) in [5, 5.41) is 40.7. The first-order valence-electron chi connectivity index (χ1n) is 24.7. The van der Waals surface area contributed by atoms with E-state index in [0.717, 1.165) is 0 Å². The van der Waals surface area contributed by atoms with Gasteiger partial charge >= 0.3 is 11.9 Å². The van der Waals surface area contributed by atoms with Crippen molar-refractivity contribution in [1.29, 1.82) is 0 Å². The van der Waals surface area contributed by atoms with Crippen LogP contribution in [0.5, 0.6) is 5.75 Å². The van der Waals surface area contributed by atoms with Crippen molar-refractivity contribution in [3.05, 3.63) is 94.4 Å². The highest BCUT2D eigenvalue weighted by Crippen LogP contribution is 2.24. The Hall–Kier alpha value is -8.25. The van der Waals surface area contributed by atoms with Crippen molar-refractivity contribution in [3.63, 3.8) is 0 Å². The smallest absolute Gasteiger partial charge is 0.350 e. The second-order valence-corrected chi connectivity index (χ2v) is 18.6.